The summed E-state index contributed by atoms with van der Waals surface area (Å²) < 4.78 is 14.6. The lowest BCUT2D eigenvalue weighted by atomic mass is 10.2. The van der Waals surface area contributed by atoms with Crippen molar-refractivity contribution in [3.63, 3.8) is 0 Å². The summed E-state index contributed by atoms with van der Waals surface area (Å²) in [6.45, 7) is 0. The van der Waals surface area contributed by atoms with Crippen LogP contribution in [0.2, 0.25) is 0 Å². The van der Waals surface area contributed by atoms with Gasteiger partial charge in [0.2, 0.25) is 7.29 Å². The van der Waals surface area contributed by atoms with Crippen LogP contribution < -0.4 is 5.09 Å². The number of halogens is 3. The average molecular weight is 493 g/mol. The molecule has 2 nitrogen and oxygen atoms in total. The van der Waals surface area contributed by atoms with Gasteiger partial charge in [0.05, 0.1) is 15.8 Å². The molecule has 28 heavy (non-hydrogen) atoms. The summed E-state index contributed by atoms with van der Waals surface area (Å²) in [7, 11) is -3.28. The second kappa shape index (κ2) is 9.62. The zero-order valence-corrected chi connectivity index (χ0v) is 18.7. The van der Waals surface area contributed by atoms with Crippen LogP contribution in [0.15, 0.2) is 101 Å². The first-order valence-electron chi connectivity index (χ1n) is 8.47. The lowest BCUT2D eigenvalue weighted by molar-refractivity contribution is 0.589. The SMILES string of the molecule is O=P(/C=C(\Cl)c1ccccc1)(/C=C(\Cl)c1ccccc1)Nc1ccccc1Br. The van der Waals surface area contributed by atoms with Gasteiger partial charge in [-0.25, -0.2) is 0 Å². The molecule has 0 heterocycles. The number of anilines is 1. The van der Waals surface area contributed by atoms with E-state index in [0.29, 0.717) is 15.8 Å². The third-order valence-electron chi connectivity index (χ3n) is 3.88. The van der Waals surface area contributed by atoms with Gasteiger partial charge in [0, 0.05) is 16.1 Å². The molecule has 0 saturated carbocycles. The molecule has 3 aromatic rings. The molecule has 0 saturated heterocycles. The predicted octanol–water partition coefficient (Wildman–Crippen LogP) is 8.61. The van der Waals surface area contributed by atoms with Crippen LogP contribution in [0.4, 0.5) is 5.69 Å². The lowest BCUT2D eigenvalue weighted by Gasteiger charge is -2.17. The molecule has 0 radical (unpaired) electrons. The lowest BCUT2D eigenvalue weighted by Crippen LogP contribution is -1.95. The van der Waals surface area contributed by atoms with Gasteiger partial charge < -0.3 is 5.09 Å². The van der Waals surface area contributed by atoms with Gasteiger partial charge in [-0.15, -0.1) is 0 Å². The Morgan fingerprint density at radius 2 is 1.18 bits per heavy atom. The molecule has 0 aromatic heterocycles. The first kappa shape index (κ1) is 21.0. The maximum Gasteiger partial charge on any atom is 0.216 e. The van der Waals surface area contributed by atoms with Gasteiger partial charge in [-0.05, 0) is 39.2 Å². The Balaban J connectivity index is 2.05. The van der Waals surface area contributed by atoms with Crippen LogP contribution in [-0.4, -0.2) is 0 Å². The zero-order valence-electron chi connectivity index (χ0n) is 14.7. The summed E-state index contributed by atoms with van der Waals surface area (Å²) in [5, 5.41) is 3.88. The molecule has 3 rings (SSSR count). The molecule has 0 atom stereocenters. The van der Waals surface area contributed by atoms with Gasteiger partial charge in [0.15, 0.2) is 0 Å². The summed E-state index contributed by atoms with van der Waals surface area (Å²) in [6, 6.07) is 26.2. The van der Waals surface area contributed by atoms with Crippen LogP contribution in [0.1, 0.15) is 11.1 Å². The fourth-order valence-electron chi connectivity index (χ4n) is 2.52. The number of hydrogen-bond donors (Lipinski definition) is 1. The van der Waals surface area contributed by atoms with Crippen molar-refractivity contribution < 1.29 is 4.57 Å². The molecule has 0 aliphatic rings. The van der Waals surface area contributed by atoms with Crippen LogP contribution in [-0.2, 0) is 4.57 Å². The van der Waals surface area contributed by atoms with E-state index in [-0.39, 0.29) is 0 Å². The zero-order chi connectivity index (χ0) is 20.0. The molecule has 0 aliphatic carbocycles. The molecule has 0 unspecified atom stereocenters. The molecule has 0 amide bonds. The molecule has 142 valence electrons. The Morgan fingerprint density at radius 3 is 1.64 bits per heavy atom. The minimum Gasteiger partial charge on any atom is -0.329 e. The smallest absolute Gasteiger partial charge is 0.216 e. The molecule has 6 heteroatoms. The van der Waals surface area contributed by atoms with Crippen LogP contribution in [0.25, 0.3) is 10.1 Å². The Labute approximate surface area is 183 Å². The minimum atomic E-state index is -3.28. The van der Waals surface area contributed by atoms with Gasteiger partial charge in [0.25, 0.3) is 0 Å². The van der Waals surface area contributed by atoms with Crippen LogP contribution in [0.5, 0.6) is 0 Å². The highest BCUT2D eigenvalue weighted by molar-refractivity contribution is 9.10. The number of rotatable bonds is 6. The quantitative estimate of drug-likeness (QED) is 0.349. The molecule has 3 aromatic carbocycles. The monoisotopic (exact) mass is 491 g/mol. The van der Waals surface area contributed by atoms with E-state index in [4.69, 9.17) is 23.2 Å². The summed E-state index contributed by atoms with van der Waals surface area (Å²) in [5.41, 5.74) is 2.25. The summed E-state index contributed by atoms with van der Waals surface area (Å²) >= 11 is 16.5. The van der Waals surface area contributed by atoms with Gasteiger partial charge in [-0.2, -0.15) is 0 Å². The van der Waals surface area contributed by atoms with Crippen LogP contribution in [0.3, 0.4) is 0 Å². The van der Waals surface area contributed by atoms with Crippen molar-refractivity contribution in [3.8, 4) is 0 Å². The van der Waals surface area contributed by atoms with E-state index >= 15 is 0 Å². The van der Waals surface area contributed by atoms with Crippen LogP contribution >= 0.6 is 46.4 Å². The van der Waals surface area contributed by atoms with Gasteiger partial charge in [-0.1, -0.05) is 96.0 Å². The van der Waals surface area contributed by atoms with Crippen molar-refractivity contribution in [1.29, 1.82) is 0 Å². The minimum absolute atomic E-state index is 0.386. The highest BCUT2D eigenvalue weighted by Gasteiger charge is 2.20. The number of benzene rings is 3. The molecule has 0 bridgehead atoms. The van der Waals surface area contributed by atoms with E-state index in [1.54, 1.807) is 0 Å². The van der Waals surface area contributed by atoms with Gasteiger partial charge in [-0.3, -0.25) is 4.57 Å². The number of para-hydroxylation sites is 1. The Hall–Kier alpha value is -1.77. The molecule has 1 N–H and O–H groups in total. The third kappa shape index (κ3) is 5.62. The Bertz CT molecular complexity index is 993. The van der Waals surface area contributed by atoms with E-state index in [9.17, 15) is 4.57 Å². The average Bonchev–Trinajstić information content (AvgIpc) is 2.71. The van der Waals surface area contributed by atoms with Crippen molar-refractivity contribution in [1.82, 2.24) is 0 Å². The van der Waals surface area contributed by atoms with E-state index in [0.717, 1.165) is 15.6 Å². The second-order valence-corrected chi connectivity index (χ2v) is 9.81. The van der Waals surface area contributed by atoms with Crippen molar-refractivity contribution in [2.45, 2.75) is 0 Å². The predicted molar refractivity (Wildman–Crippen MR) is 126 cm³/mol. The van der Waals surface area contributed by atoms with Crippen molar-refractivity contribution >= 4 is 62.2 Å². The molecule has 0 fully saturated rings. The topological polar surface area (TPSA) is 29.1 Å². The maximum absolute atomic E-state index is 13.8. The highest BCUT2D eigenvalue weighted by Crippen LogP contribution is 2.54. The first-order valence-corrected chi connectivity index (χ1v) is 11.9. The fraction of sp³-hybridized carbons (Fsp3) is 0. The largest absolute Gasteiger partial charge is 0.329 e. The van der Waals surface area contributed by atoms with E-state index in [1.165, 1.54) is 11.6 Å². The van der Waals surface area contributed by atoms with Crippen LogP contribution in [0, 0.1) is 0 Å². The van der Waals surface area contributed by atoms with Gasteiger partial charge >= 0.3 is 0 Å². The van der Waals surface area contributed by atoms with E-state index in [2.05, 4.69) is 21.0 Å². The Morgan fingerprint density at radius 1 is 0.750 bits per heavy atom. The van der Waals surface area contributed by atoms with Crippen molar-refractivity contribution in [3.05, 3.63) is 112 Å². The summed E-state index contributed by atoms with van der Waals surface area (Å²) in [5.74, 6) is 3.07. The van der Waals surface area contributed by atoms with Crippen molar-refractivity contribution in [2.75, 3.05) is 5.09 Å². The standard InChI is InChI=1S/C22H17BrCl2NOP/c23-19-13-7-8-14-22(19)26-28(27,15-20(24)17-9-3-1-4-10-17)16-21(25)18-11-5-2-6-12-18/h1-16H,(H,26,27)/b20-15-,21-16-. The molecular formula is C22H17BrCl2NOP. The highest BCUT2D eigenvalue weighted by atomic mass is 79.9. The molecule has 0 aliphatic heterocycles. The van der Waals surface area contributed by atoms with E-state index in [1.807, 2.05) is 84.9 Å². The molecular weight excluding hydrogens is 476 g/mol. The van der Waals surface area contributed by atoms with Gasteiger partial charge in [0.1, 0.15) is 0 Å². The second-order valence-electron chi connectivity index (χ2n) is 5.99. The van der Waals surface area contributed by atoms with Crippen molar-refractivity contribution in [2.24, 2.45) is 0 Å². The number of nitrogens with one attached hydrogen (secondary N) is 1. The maximum atomic E-state index is 13.8. The summed E-state index contributed by atoms with van der Waals surface area (Å²) in [6.07, 6.45) is 0. The summed E-state index contributed by atoms with van der Waals surface area (Å²) in [4.78, 5) is 0. The van der Waals surface area contributed by atoms with E-state index < -0.39 is 7.29 Å². The number of hydrogen-bond acceptors (Lipinski definition) is 1. The Kier molecular flexibility index (Phi) is 7.20. The first-order chi connectivity index (χ1) is 13.5. The normalized spacial score (nSPS) is 12.7. The fourth-order valence-corrected chi connectivity index (χ4v) is 5.93. The third-order valence-corrected chi connectivity index (χ3v) is 7.40. The molecule has 0 spiro atoms.